The summed E-state index contributed by atoms with van der Waals surface area (Å²) < 4.78 is 32.9. The van der Waals surface area contributed by atoms with Crippen molar-refractivity contribution in [2.45, 2.75) is 48.7 Å². The highest BCUT2D eigenvalue weighted by molar-refractivity contribution is 5.62. The molecule has 0 aromatic heterocycles. The molecule has 13 nitrogen and oxygen atoms in total. The van der Waals surface area contributed by atoms with Crippen molar-refractivity contribution < 1.29 is 64.2 Å². The monoisotopic (exact) mass is 504 g/mol. The molecule has 8 atom stereocenters. The second-order valence-corrected chi connectivity index (χ2v) is 8.15. The van der Waals surface area contributed by atoms with E-state index in [1.165, 1.54) is 20.3 Å². The van der Waals surface area contributed by atoms with Gasteiger partial charge in [0.05, 0.1) is 40.6 Å². The Labute approximate surface area is 201 Å². The lowest BCUT2D eigenvalue weighted by Crippen LogP contribution is -2.62. The summed E-state index contributed by atoms with van der Waals surface area (Å²) in [5.74, 6) is 0.438. The second-order valence-electron chi connectivity index (χ2n) is 8.15. The van der Waals surface area contributed by atoms with Gasteiger partial charge in [-0.3, -0.25) is 0 Å². The van der Waals surface area contributed by atoms with Gasteiger partial charge in [-0.2, -0.15) is 0 Å². The maximum absolute atomic E-state index is 10.9. The number of hydrogen-bond donors (Lipinski definition) is 7. The lowest BCUT2D eigenvalue weighted by Gasteiger charge is -2.42. The first-order valence-electron chi connectivity index (χ1n) is 10.8. The summed E-state index contributed by atoms with van der Waals surface area (Å²) in [6.45, 7) is -2.09. The van der Waals surface area contributed by atoms with Crippen LogP contribution in [0.4, 0.5) is 0 Å². The first kappa shape index (κ1) is 27.5. The van der Waals surface area contributed by atoms with E-state index in [0.29, 0.717) is 5.56 Å². The Morgan fingerprint density at radius 1 is 1.03 bits per heavy atom. The van der Waals surface area contributed by atoms with Gasteiger partial charge in [0.15, 0.2) is 17.8 Å². The van der Waals surface area contributed by atoms with E-state index in [0.717, 1.165) is 0 Å². The number of benzene rings is 1. The lowest BCUT2D eigenvalue weighted by molar-refractivity contribution is -0.313. The number of ether oxygens (including phenoxy) is 6. The molecule has 2 aliphatic rings. The van der Waals surface area contributed by atoms with Crippen molar-refractivity contribution in [2.75, 3.05) is 40.6 Å². The Morgan fingerprint density at radius 2 is 1.69 bits per heavy atom. The molecule has 0 spiro atoms. The molecular formula is C22H32O13. The van der Waals surface area contributed by atoms with Crippen LogP contribution in [0.15, 0.2) is 18.2 Å². The number of aliphatic hydroxyl groups is 7. The van der Waals surface area contributed by atoms with E-state index in [1.54, 1.807) is 18.2 Å². The predicted octanol–water partition coefficient (Wildman–Crippen LogP) is -2.65. The molecule has 8 unspecified atom stereocenters. The first-order chi connectivity index (χ1) is 16.7. The van der Waals surface area contributed by atoms with Crippen molar-refractivity contribution in [1.29, 1.82) is 0 Å². The van der Waals surface area contributed by atoms with Crippen molar-refractivity contribution in [3.05, 3.63) is 23.8 Å². The predicted molar refractivity (Wildman–Crippen MR) is 117 cm³/mol. The zero-order valence-corrected chi connectivity index (χ0v) is 19.3. The highest BCUT2D eigenvalue weighted by Crippen LogP contribution is 2.41. The van der Waals surface area contributed by atoms with Gasteiger partial charge in [0.25, 0.3) is 0 Å². The fraction of sp³-hybridized carbons (Fsp3) is 0.636. The third kappa shape index (κ3) is 5.70. The summed E-state index contributed by atoms with van der Waals surface area (Å²) in [6.07, 6.45) is -7.53. The maximum Gasteiger partial charge on any atom is 0.229 e. The molecule has 0 saturated carbocycles. The van der Waals surface area contributed by atoms with Crippen LogP contribution in [0.25, 0.3) is 6.08 Å². The largest absolute Gasteiger partial charge is 0.493 e. The molecule has 1 aromatic carbocycles. The van der Waals surface area contributed by atoms with E-state index in [4.69, 9.17) is 33.5 Å². The second kappa shape index (κ2) is 11.8. The van der Waals surface area contributed by atoms with Gasteiger partial charge in [-0.1, -0.05) is 12.2 Å². The van der Waals surface area contributed by atoms with Crippen LogP contribution in [0.5, 0.6) is 17.2 Å². The molecule has 2 fully saturated rings. The molecule has 3 rings (SSSR count). The Kier molecular flexibility index (Phi) is 9.28. The number of aliphatic hydroxyl groups excluding tert-OH is 6. The average molecular weight is 504 g/mol. The zero-order chi connectivity index (χ0) is 25.8. The van der Waals surface area contributed by atoms with Crippen LogP contribution in [0.2, 0.25) is 0 Å². The minimum absolute atomic E-state index is 0.0406. The summed E-state index contributed by atoms with van der Waals surface area (Å²) in [4.78, 5) is 0. The van der Waals surface area contributed by atoms with Crippen LogP contribution in [-0.2, 0) is 14.2 Å². The average Bonchev–Trinajstić information content (AvgIpc) is 3.15. The van der Waals surface area contributed by atoms with Crippen LogP contribution < -0.4 is 14.2 Å². The molecule has 2 aliphatic heterocycles. The minimum atomic E-state index is -1.98. The molecular weight excluding hydrogens is 472 g/mol. The zero-order valence-electron chi connectivity index (χ0n) is 19.3. The molecule has 1 aromatic rings. The SMILES string of the molecule is COc1cc(C=CCO)cc(OC)c1OC1OC(CO)C(O)C(OC2OCC(O)(CO)C2O)C1O. The van der Waals surface area contributed by atoms with Gasteiger partial charge >= 0.3 is 0 Å². The first-order valence-corrected chi connectivity index (χ1v) is 10.8. The van der Waals surface area contributed by atoms with Crippen molar-refractivity contribution >= 4 is 6.08 Å². The molecule has 2 heterocycles. The third-order valence-corrected chi connectivity index (χ3v) is 5.83. The number of hydrogen-bond acceptors (Lipinski definition) is 13. The molecule has 13 heteroatoms. The fourth-order valence-corrected chi connectivity index (χ4v) is 3.79. The summed E-state index contributed by atoms with van der Waals surface area (Å²) in [5, 5.41) is 70.0. The summed E-state index contributed by atoms with van der Waals surface area (Å²) in [6, 6.07) is 3.17. The Hall–Kier alpha value is -2.04. The van der Waals surface area contributed by atoms with Gasteiger partial charge in [-0.15, -0.1) is 0 Å². The molecule has 35 heavy (non-hydrogen) atoms. The van der Waals surface area contributed by atoms with E-state index in [1.807, 2.05) is 0 Å². The number of rotatable bonds is 10. The van der Waals surface area contributed by atoms with Crippen LogP contribution in [0, 0.1) is 0 Å². The van der Waals surface area contributed by atoms with Crippen LogP contribution in [0.1, 0.15) is 5.56 Å². The minimum Gasteiger partial charge on any atom is -0.493 e. The molecule has 198 valence electrons. The van der Waals surface area contributed by atoms with E-state index in [2.05, 4.69) is 0 Å². The van der Waals surface area contributed by atoms with E-state index in [9.17, 15) is 30.6 Å². The van der Waals surface area contributed by atoms with Crippen molar-refractivity contribution in [1.82, 2.24) is 0 Å². The van der Waals surface area contributed by atoms with E-state index < -0.39 is 68.5 Å². The van der Waals surface area contributed by atoms with Gasteiger partial charge in [-0.25, -0.2) is 0 Å². The molecule has 0 amide bonds. The summed E-state index contributed by atoms with van der Waals surface area (Å²) in [5.41, 5.74) is -1.36. The standard InChI is InChI=1S/C22H32O13/c1-30-12-6-11(4-3-5-23)7-13(31-2)17(12)34-20-16(27)18(15(26)14(8-24)33-20)35-21-19(28)22(29,9-25)10-32-21/h3-4,6-7,14-16,18-21,23-29H,5,8-10H2,1-2H3. The molecule has 0 radical (unpaired) electrons. The fourth-order valence-electron chi connectivity index (χ4n) is 3.79. The Morgan fingerprint density at radius 3 is 2.20 bits per heavy atom. The summed E-state index contributed by atoms with van der Waals surface area (Å²) in [7, 11) is 2.76. The van der Waals surface area contributed by atoms with Gasteiger partial charge < -0.3 is 64.2 Å². The molecule has 2 saturated heterocycles. The normalized spacial score (nSPS) is 35.4. The topological polar surface area (TPSA) is 197 Å². The van der Waals surface area contributed by atoms with Gasteiger partial charge in [0, 0.05) is 0 Å². The third-order valence-electron chi connectivity index (χ3n) is 5.83. The van der Waals surface area contributed by atoms with E-state index in [-0.39, 0.29) is 23.9 Å². The highest BCUT2D eigenvalue weighted by Gasteiger charge is 2.53. The lowest BCUT2D eigenvalue weighted by atomic mass is 9.98. The maximum atomic E-state index is 10.9. The van der Waals surface area contributed by atoms with Crippen LogP contribution in [0.3, 0.4) is 0 Å². The molecule has 0 bridgehead atoms. The van der Waals surface area contributed by atoms with Gasteiger partial charge in [0.1, 0.15) is 36.1 Å². The molecule has 0 aliphatic carbocycles. The van der Waals surface area contributed by atoms with Crippen molar-refractivity contribution in [3.63, 3.8) is 0 Å². The quantitative estimate of drug-likeness (QED) is 0.175. The van der Waals surface area contributed by atoms with Crippen LogP contribution >= 0.6 is 0 Å². The highest BCUT2D eigenvalue weighted by atomic mass is 16.7. The molecule has 7 N–H and O–H groups in total. The van der Waals surface area contributed by atoms with E-state index >= 15 is 0 Å². The smallest absolute Gasteiger partial charge is 0.229 e. The van der Waals surface area contributed by atoms with Crippen LogP contribution in [-0.4, -0.2) is 125 Å². The van der Waals surface area contributed by atoms with Crippen molar-refractivity contribution in [3.8, 4) is 17.2 Å². The van der Waals surface area contributed by atoms with Gasteiger partial charge in [0.2, 0.25) is 12.0 Å². The Bertz CT molecular complexity index is 839. The van der Waals surface area contributed by atoms with Gasteiger partial charge in [-0.05, 0) is 17.7 Å². The number of methoxy groups -OCH3 is 2. The van der Waals surface area contributed by atoms with Crippen molar-refractivity contribution in [2.24, 2.45) is 0 Å². The summed E-state index contributed by atoms with van der Waals surface area (Å²) >= 11 is 0. The Balaban J connectivity index is 1.86.